The zero-order valence-electron chi connectivity index (χ0n) is 19.2. The standard InChI is InChI=1S/C32H19N3S/c1-3-11-22-20(8-1)10-7-14-24(22)30-26-18-19-36-31(26)34-32(33-30)35-27-15-6-5-13-25(27)29-23-12-4-2-9-21(23)16-17-28(29)35/h1-19H. The maximum atomic E-state index is 5.27. The fourth-order valence-corrected chi connectivity index (χ4v) is 6.30. The molecule has 0 saturated heterocycles. The molecular weight excluding hydrogens is 458 g/mol. The lowest BCUT2D eigenvalue weighted by Crippen LogP contribution is -2.02. The molecule has 3 aromatic heterocycles. The van der Waals surface area contributed by atoms with Crippen molar-refractivity contribution in [3.8, 4) is 17.2 Å². The number of thiophene rings is 1. The number of benzene rings is 5. The number of hydrogen-bond donors (Lipinski definition) is 0. The van der Waals surface area contributed by atoms with Crippen LogP contribution in [0, 0.1) is 0 Å². The first-order valence-electron chi connectivity index (χ1n) is 12.0. The Hall–Kier alpha value is -4.54. The molecule has 3 heterocycles. The monoisotopic (exact) mass is 477 g/mol. The van der Waals surface area contributed by atoms with Crippen LogP contribution in [0.1, 0.15) is 0 Å². The molecule has 3 nitrogen and oxygen atoms in total. The van der Waals surface area contributed by atoms with Gasteiger partial charge in [-0.1, -0.05) is 91.0 Å². The minimum atomic E-state index is 0.703. The van der Waals surface area contributed by atoms with Gasteiger partial charge in [0.1, 0.15) is 4.83 Å². The summed E-state index contributed by atoms with van der Waals surface area (Å²) in [5, 5.41) is 10.5. The van der Waals surface area contributed by atoms with E-state index in [-0.39, 0.29) is 0 Å². The summed E-state index contributed by atoms with van der Waals surface area (Å²) in [6.45, 7) is 0. The van der Waals surface area contributed by atoms with E-state index in [2.05, 4.69) is 119 Å². The summed E-state index contributed by atoms with van der Waals surface area (Å²) in [6, 6.07) is 38.7. The van der Waals surface area contributed by atoms with E-state index in [1.54, 1.807) is 11.3 Å². The molecule has 0 N–H and O–H groups in total. The van der Waals surface area contributed by atoms with Crippen LogP contribution in [0.25, 0.3) is 70.8 Å². The van der Waals surface area contributed by atoms with E-state index in [9.17, 15) is 0 Å². The summed E-state index contributed by atoms with van der Waals surface area (Å²) in [4.78, 5) is 11.4. The lowest BCUT2D eigenvalue weighted by Gasteiger charge is -2.11. The molecule has 8 aromatic rings. The fourth-order valence-electron chi connectivity index (χ4n) is 5.54. The topological polar surface area (TPSA) is 30.7 Å². The molecule has 0 saturated carbocycles. The van der Waals surface area contributed by atoms with Gasteiger partial charge in [0.2, 0.25) is 5.95 Å². The average molecular weight is 478 g/mol. The van der Waals surface area contributed by atoms with Gasteiger partial charge in [-0.15, -0.1) is 11.3 Å². The lowest BCUT2D eigenvalue weighted by atomic mass is 10.0. The number of nitrogens with zero attached hydrogens (tertiary/aromatic N) is 3. The summed E-state index contributed by atoms with van der Waals surface area (Å²) in [7, 11) is 0. The quantitative estimate of drug-likeness (QED) is 0.249. The van der Waals surface area contributed by atoms with E-state index in [1.807, 2.05) is 0 Å². The van der Waals surface area contributed by atoms with Gasteiger partial charge in [-0.3, -0.25) is 4.57 Å². The third-order valence-electron chi connectivity index (χ3n) is 7.12. The van der Waals surface area contributed by atoms with E-state index in [0.717, 1.165) is 32.5 Å². The first kappa shape index (κ1) is 19.7. The van der Waals surface area contributed by atoms with E-state index in [0.29, 0.717) is 5.95 Å². The summed E-state index contributed by atoms with van der Waals surface area (Å²) in [6.07, 6.45) is 0. The van der Waals surface area contributed by atoms with Gasteiger partial charge in [0.25, 0.3) is 0 Å². The molecule has 4 heteroatoms. The Morgan fingerprint density at radius 1 is 0.528 bits per heavy atom. The highest BCUT2D eigenvalue weighted by Gasteiger charge is 2.19. The molecule has 8 rings (SSSR count). The third kappa shape index (κ3) is 2.73. The molecule has 36 heavy (non-hydrogen) atoms. The van der Waals surface area contributed by atoms with E-state index in [4.69, 9.17) is 9.97 Å². The molecule has 0 aliphatic carbocycles. The Bertz CT molecular complexity index is 2110. The normalized spacial score (nSPS) is 11.9. The highest BCUT2D eigenvalue weighted by molar-refractivity contribution is 7.16. The van der Waals surface area contributed by atoms with Gasteiger partial charge in [0, 0.05) is 21.7 Å². The predicted octanol–water partition coefficient (Wildman–Crippen LogP) is 8.76. The number of aromatic nitrogens is 3. The van der Waals surface area contributed by atoms with Crippen LogP contribution in [0.5, 0.6) is 0 Å². The van der Waals surface area contributed by atoms with Gasteiger partial charge in [-0.25, -0.2) is 9.97 Å². The van der Waals surface area contributed by atoms with Crippen LogP contribution in [-0.2, 0) is 0 Å². The van der Waals surface area contributed by atoms with Crippen LogP contribution in [0.15, 0.2) is 115 Å². The third-order valence-corrected chi connectivity index (χ3v) is 7.93. The van der Waals surface area contributed by atoms with Crippen molar-refractivity contribution in [2.24, 2.45) is 0 Å². The van der Waals surface area contributed by atoms with E-state index in [1.165, 1.54) is 32.3 Å². The van der Waals surface area contributed by atoms with Crippen molar-refractivity contribution in [1.29, 1.82) is 0 Å². The first-order chi connectivity index (χ1) is 17.9. The minimum Gasteiger partial charge on any atom is -0.278 e. The Kier molecular flexibility index (Phi) is 4.10. The second-order valence-electron chi connectivity index (χ2n) is 9.07. The van der Waals surface area contributed by atoms with Gasteiger partial charge < -0.3 is 0 Å². The van der Waals surface area contributed by atoms with Gasteiger partial charge in [0.05, 0.1) is 16.7 Å². The summed E-state index contributed by atoms with van der Waals surface area (Å²) >= 11 is 1.66. The zero-order valence-corrected chi connectivity index (χ0v) is 20.0. The van der Waals surface area contributed by atoms with Crippen molar-refractivity contribution in [3.63, 3.8) is 0 Å². The molecule has 0 aliphatic heterocycles. The van der Waals surface area contributed by atoms with E-state index < -0.39 is 0 Å². The Balaban J connectivity index is 1.51. The largest absolute Gasteiger partial charge is 0.278 e. The van der Waals surface area contributed by atoms with Crippen LogP contribution < -0.4 is 0 Å². The first-order valence-corrected chi connectivity index (χ1v) is 12.9. The Labute approximate surface area is 210 Å². The molecule has 0 unspecified atom stereocenters. The summed E-state index contributed by atoms with van der Waals surface area (Å²) in [5.74, 6) is 0.703. The van der Waals surface area contributed by atoms with Gasteiger partial charge >= 0.3 is 0 Å². The molecule has 0 bridgehead atoms. The molecule has 0 atom stereocenters. The fraction of sp³-hybridized carbons (Fsp3) is 0. The van der Waals surface area contributed by atoms with Crippen LogP contribution in [-0.4, -0.2) is 14.5 Å². The molecular formula is C32H19N3S. The second kappa shape index (κ2) is 7.48. The lowest BCUT2D eigenvalue weighted by molar-refractivity contribution is 1.02. The van der Waals surface area contributed by atoms with Crippen molar-refractivity contribution in [2.75, 3.05) is 0 Å². The van der Waals surface area contributed by atoms with Crippen LogP contribution in [0.3, 0.4) is 0 Å². The van der Waals surface area contributed by atoms with Crippen LogP contribution >= 0.6 is 11.3 Å². The van der Waals surface area contributed by atoms with Crippen molar-refractivity contribution >= 4 is 64.9 Å². The average Bonchev–Trinajstić information content (AvgIpc) is 3.55. The highest BCUT2D eigenvalue weighted by atomic mass is 32.1. The molecule has 0 spiro atoms. The zero-order chi connectivity index (χ0) is 23.6. The maximum Gasteiger partial charge on any atom is 0.236 e. The number of rotatable bonds is 2. The van der Waals surface area contributed by atoms with Crippen LogP contribution in [0.4, 0.5) is 0 Å². The minimum absolute atomic E-state index is 0.703. The maximum absolute atomic E-state index is 5.27. The van der Waals surface area contributed by atoms with Gasteiger partial charge in [-0.2, -0.15) is 0 Å². The predicted molar refractivity (Wildman–Crippen MR) is 152 cm³/mol. The highest BCUT2D eigenvalue weighted by Crippen LogP contribution is 2.38. The Morgan fingerprint density at radius 2 is 1.25 bits per heavy atom. The number of hydrogen-bond acceptors (Lipinski definition) is 3. The SMILES string of the molecule is c1ccc2c(-c3nc(-n4c5ccccc5c5c6ccccc6ccc54)nc4sccc34)cccc2c1. The molecule has 5 aromatic carbocycles. The second-order valence-corrected chi connectivity index (χ2v) is 9.97. The summed E-state index contributed by atoms with van der Waals surface area (Å²) < 4.78 is 2.23. The number of para-hydroxylation sites is 1. The molecule has 168 valence electrons. The van der Waals surface area contributed by atoms with Crippen molar-refractivity contribution in [1.82, 2.24) is 14.5 Å². The summed E-state index contributed by atoms with van der Waals surface area (Å²) in [5.41, 5.74) is 4.34. The Morgan fingerprint density at radius 3 is 2.14 bits per heavy atom. The van der Waals surface area contributed by atoms with Gasteiger partial charge in [0.15, 0.2) is 0 Å². The van der Waals surface area contributed by atoms with Crippen molar-refractivity contribution < 1.29 is 0 Å². The van der Waals surface area contributed by atoms with E-state index >= 15 is 0 Å². The van der Waals surface area contributed by atoms with Crippen molar-refractivity contribution in [3.05, 3.63) is 115 Å². The molecule has 0 amide bonds. The van der Waals surface area contributed by atoms with Gasteiger partial charge in [-0.05, 0) is 45.1 Å². The smallest absolute Gasteiger partial charge is 0.236 e. The molecule has 0 radical (unpaired) electrons. The molecule has 0 aliphatic rings. The van der Waals surface area contributed by atoms with Crippen molar-refractivity contribution in [2.45, 2.75) is 0 Å². The van der Waals surface area contributed by atoms with Crippen LogP contribution in [0.2, 0.25) is 0 Å². The molecule has 0 fully saturated rings. The number of fused-ring (bicyclic) bond motifs is 7.